The van der Waals surface area contributed by atoms with Crippen LogP contribution in [-0.4, -0.2) is 43.5 Å². The molecular formula is C19H24ClN7O. The van der Waals surface area contributed by atoms with E-state index in [1.54, 1.807) is 15.7 Å². The van der Waals surface area contributed by atoms with E-state index in [4.69, 9.17) is 0 Å². The van der Waals surface area contributed by atoms with Gasteiger partial charge in [0.2, 0.25) is 5.91 Å². The molecule has 8 nitrogen and oxygen atoms in total. The zero-order valence-corrected chi connectivity index (χ0v) is 16.6. The highest BCUT2D eigenvalue weighted by Gasteiger charge is 2.35. The first kappa shape index (κ1) is 20.0. The number of hydrogen-bond acceptors (Lipinski definition) is 5. The van der Waals surface area contributed by atoms with E-state index >= 15 is 0 Å². The third-order valence-electron chi connectivity index (χ3n) is 5.14. The van der Waals surface area contributed by atoms with Crippen LogP contribution in [0.3, 0.4) is 0 Å². The minimum atomic E-state index is -0.0916. The summed E-state index contributed by atoms with van der Waals surface area (Å²) in [5.41, 5.74) is 3.09. The molecule has 0 spiro atoms. The summed E-state index contributed by atoms with van der Waals surface area (Å²) in [4.78, 5) is 16.8. The van der Waals surface area contributed by atoms with Gasteiger partial charge in [0.1, 0.15) is 12.7 Å². The van der Waals surface area contributed by atoms with Gasteiger partial charge >= 0.3 is 0 Å². The minimum absolute atomic E-state index is 0. The second-order valence-electron chi connectivity index (χ2n) is 6.98. The fourth-order valence-electron chi connectivity index (χ4n) is 3.60. The summed E-state index contributed by atoms with van der Waals surface area (Å²) in [6, 6.07) is 7.89. The van der Waals surface area contributed by atoms with E-state index in [9.17, 15) is 4.79 Å². The number of nitrogens with zero attached hydrogens (tertiary/aromatic N) is 5. The van der Waals surface area contributed by atoms with Crippen LogP contribution in [0.25, 0.3) is 5.69 Å². The maximum Gasteiger partial charge on any atom is 0.225 e. The number of carbonyl (C=O) groups is 1. The molecule has 3 atom stereocenters. The fourth-order valence-corrected chi connectivity index (χ4v) is 3.60. The Balaban J connectivity index is 0.00000225. The predicted molar refractivity (Wildman–Crippen MR) is 107 cm³/mol. The number of benzene rings is 1. The molecular weight excluding hydrogens is 378 g/mol. The second-order valence-corrected chi connectivity index (χ2v) is 6.98. The highest BCUT2D eigenvalue weighted by atomic mass is 35.5. The van der Waals surface area contributed by atoms with Gasteiger partial charge in [0, 0.05) is 32.3 Å². The van der Waals surface area contributed by atoms with Crippen molar-refractivity contribution in [1.29, 1.82) is 0 Å². The molecule has 3 heterocycles. The fraction of sp³-hybridized carbons (Fsp3) is 0.368. The lowest BCUT2D eigenvalue weighted by molar-refractivity contribution is -0.125. The second kappa shape index (κ2) is 8.53. The molecule has 0 aliphatic carbocycles. The third kappa shape index (κ3) is 4.07. The quantitative estimate of drug-likeness (QED) is 0.677. The molecule has 1 aliphatic heterocycles. The summed E-state index contributed by atoms with van der Waals surface area (Å²) < 4.78 is 3.48. The van der Waals surface area contributed by atoms with E-state index in [2.05, 4.69) is 25.8 Å². The standard InChI is InChI=1S/C19H23N7O.ClH/c1-13(14-3-5-16(6-4-14)26-12-21-11-23-26)24-19(27)18-9-20-8-17(18)15-7-22-25(2)10-15;/h3-7,10-13,17-18,20H,8-9H2,1-2H3,(H,24,27);1H/t13?,17-,18+;/m1./s1. The van der Waals surface area contributed by atoms with E-state index in [0.717, 1.165) is 23.4 Å². The number of hydrogen-bond donors (Lipinski definition) is 2. The number of halogens is 1. The number of rotatable bonds is 5. The summed E-state index contributed by atoms with van der Waals surface area (Å²) in [7, 11) is 1.89. The molecule has 28 heavy (non-hydrogen) atoms. The maximum atomic E-state index is 12.9. The van der Waals surface area contributed by atoms with Crippen molar-refractivity contribution in [3.63, 3.8) is 0 Å². The van der Waals surface area contributed by atoms with Crippen LogP contribution >= 0.6 is 12.4 Å². The topological polar surface area (TPSA) is 89.7 Å². The van der Waals surface area contributed by atoms with Gasteiger partial charge in [-0.05, 0) is 30.2 Å². The van der Waals surface area contributed by atoms with Crippen LogP contribution in [0.5, 0.6) is 0 Å². The molecule has 1 amide bonds. The normalized spacial score (nSPS) is 19.8. The average molecular weight is 402 g/mol. The van der Waals surface area contributed by atoms with Gasteiger partial charge in [-0.15, -0.1) is 12.4 Å². The molecule has 0 bridgehead atoms. The Labute approximate surface area is 169 Å². The number of carbonyl (C=O) groups excluding carboxylic acids is 1. The summed E-state index contributed by atoms with van der Waals surface area (Å²) in [6.07, 6.45) is 7.01. The van der Waals surface area contributed by atoms with Crippen molar-refractivity contribution in [3.05, 3.63) is 60.4 Å². The van der Waals surface area contributed by atoms with Crippen LogP contribution in [0, 0.1) is 5.92 Å². The SMILES string of the molecule is CC(NC(=O)[C@H]1CNC[C@@H]1c1cnn(C)c1)c1ccc(-n2cncn2)cc1.Cl. The Morgan fingerprint density at radius 1 is 1.25 bits per heavy atom. The molecule has 1 aliphatic rings. The van der Waals surface area contributed by atoms with Gasteiger partial charge < -0.3 is 10.6 Å². The number of amides is 1. The van der Waals surface area contributed by atoms with Gasteiger partial charge in [0.25, 0.3) is 0 Å². The van der Waals surface area contributed by atoms with E-state index in [0.29, 0.717) is 6.54 Å². The molecule has 148 valence electrons. The molecule has 9 heteroatoms. The lowest BCUT2D eigenvalue weighted by Gasteiger charge is -2.21. The molecule has 0 radical (unpaired) electrons. The van der Waals surface area contributed by atoms with Crippen LogP contribution in [0.1, 0.15) is 30.0 Å². The number of nitrogens with one attached hydrogen (secondary N) is 2. The van der Waals surface area contributed by atoms with Gasteiger partial charge in [-0.25, -0.2) is 9.67 Å². The Morgan fingerprint density at radius 3 is 2.68 bits per heavy atom. The van der Waals surface area contributed by atoms with Gasteiger partial charge in [0.05, 0.1) is 23.8 Å². The summed E-state index contributed by atoms with van der Waals surface area (Å²) in [6.45, 7) is 3.48. The zero-order valence-electron chi connectivity index (χ0n) is 15.8. The van der Waals surface area contributed by atoms with Crippen molar-refractivity contribution in [2.75, 3.05) is 13.1 Å². The first-order valence-electron chi connectivity index (χ1n) is 9.06. The summed E-state index contributed by atoms with van der Waals surface area (Å²) in [5.74, 6) is 0.133. The van der Waals surface area contributed by atoms with Crippen molar-refractivity contribution in [2.45, 2.75) is 18.9 Å². The van der Waals surface area contributed by atoms with E-state index < -0.39 is 0 Å². The zero-order chi connectivity index (χ0) is 18.8. The van der Waals surface area contributed by atoms with Crippen molar-refractivity contribution in [1.82, 2.24) is 35.2 Å². The summed E-state index contributed by atoms with van der Waals surface area (Å²) >= 11 is 0. The van der Waals surface area contributed by atoms with E-state index in [1.165, 1.54) is 6.33 Å². The van der Waals surface area contributed by atoms with E-state index in [1.807, 2.05) is 50.6 Å². The lowest BCUT2D eigenvalue weighted by atomic mass is 9.90. The van der Waals surface area contributed by atoms with Crippen LogP contribution in [-0.2, 0) is 11.8 Å². The predicted octanol–water partition coefficient (Wildman–Crippen LogP) is 1.60. The molecule has 0 saturated carbocycles. The van der Waals surface area contributed by atoms with Crippen molar-refractivity contribution in [2.24, 2.45) is 13.0 Å². The van der Waals surface area contributed by atoms with Crippen LogP contribution in [0.4, 0.5) is 0 Å². The third-order valence-corrected chi connectivity index (χ3v) is 5.14. The average Bonchev–Trinajstić information content (AvgIpc) is 3.42. The Bertz CT molecular complexity index is 907. The first-order chi connectivity index (χ1) is 13.1. The first-order valence-corrected chi connectivity index (χ1v) is 9.06. The molecule has 1 unspecified atom stereocenters. The lowest BCUT2D eigenvalue weighted by Crippen LogP contribution is -2.36. The minimum Gasteiger partial charge on any atom is -0.349 e. The molecule has 4 rings (SSSR count). The molecule has 1 fully saturated rings. The molecule has 3 aromatic rings. The number of aryl methyl sites for hydroxylation is 1. The molecule has 2 N–H and O–H groups in total. The monoisotopic (exact) mass is 401 g/mol. The van der Waals surface area contributed by atoms with Gasteiger partial charge in [-0.2, -0.15) is 10.2 Å². The van der Waals surface area contributed by atoms with Crippen LogP contribution < -0.4 is 10.6 Å². The summed E-state index contributed by atoms with van der Waals surface area (Å²) in [5, 5.41) is 14.9. The van der Waals surface area contributed by atoms with Crippen LogP contribution in [0.2, 0.25) is 0 Å². The Morgan fingerprint density at radius 2 is 2.04 bits per heavy atom. The smallest absolute Gasteiger partial charge is 0.225 e. The maximum absolute atomic E-state index is 12.9. The Hall–Kier alpha value is -2.71. The van der Waals surface area contributed by atoms with E-state index in [-0.39, 0.29) is 36.2 Å². The van der Waals surface area contributed by atoms with Crippen molar-refractivity contribution in [3.8, 4) is 5.69 Å². The largest absolute Gasteiger partial charge is 0.349 e. The molecule has 1 aromatic carbocycles. The van der Waals surface area contributed by atoms with Gasteiger partial charge in [0.15, 0.2) is 0 Å². The highest BCUT2D eigenvalue weighted by molar-refractivity contribution is 5.85. The highest BCUT2D eigenvalue weighted by Crippen LogP contribution is 2.28. The van der Waals surface area contributed by atoms with Crippen molar-refractivity contribution >= 4 is 18.3 Å². The van der Waals surface area contributed by atoms with Crippen molar-refractivity contribution < 1.29 is 4.79 Å². The molecule has 2 aromatic heterocycles. The molecule has 1 saturated heterocycles. The van der Waals surface area contributed by atoms with Gasteiger partial charge in [-0.1, -0.05) is 12.1 Å². The van der Waals surface area contributed by atoms with Gasteiger partial charge in [-0.3, -0.25) is 9.48 Å². The van der Waals surface area contributed by atoms with Crippen LogP contribution in [0.15, 0.2) is 49.3 Å². The Kier molecular flexibility index (Phi) is 6.11. The number of aromatic nitrogens is 5.